The van der Waals surface area contributed by atoms with Crippen LogP contribution in [0.2, 0.25) is 0 Å². The summed E-state index contributed by atoms with van der Waals surface area (Å²) in [5.41, 5.74) is -3.91. The molecule has 1 N–H and O–H groups in total. The molecule has 1 fully saturated rings. The van der Waals surface area contributed by atoms with Crippen LogP contribution in [-0.4, -0.2) is 38.9 Å². The van der Waals surface area contributed by atoms with Gasteiger partial charge in [0.15, 0.2) is 0 Å². The van der Waals surface area contributed by atoms with Gasteiger partial charge in [-0.3, -0.25) is 4.79 Å². The minimum Gasteiger partial charge on any atom is -0.338 e. The molecule has 0 aromatic heterocycles. The van der Waals surface area contributed by atoms with Gasteiger partial charge in [-0.1, -0.05) is 6.58 Å². The molecule has 2 rings (SSSR count). The molecule has 0 aliphatic carbocycles. The van der Waals surface area contributed by atoms with Crippen molar-refractivity contribution < 1.29 is 39.6 Å². The Kier molecular flexibility index (Phi) is 6.14. The molecule has 1 heterocycles. The topological polar surface area (TPSA) is 66.5 Å². The van der Waals surface area contributed by atoms with Crippen LogP contribution >= 0.6 is 0 Å². The number of carbonyl (C=O) groups excluding carboxylic acids is 1. The van der Waals surface area contributed by atoms with Crippen molar-refractivity contribution in [2.45, 2.75) is 18.8 Å². The fourth-order valence-corrected chi connectivity index (χ4v) is 3.38. The number of hydrogen-bond acceptors (Lipinski definition) is 3. The van der Waals surface area contributed by atoms with Crippen LogP contribution in [0.3, 0.4) is 0 Å². The SMILES string of the molecule is C=CS(=O)(=O)NCC1CCN(C(=O)c2cc(C(F)(F)F)ccc2C(F)(F)F)C1. The van der Waals surface area contributed by atoms with Gasteiger partial charge in [0, 0.05) is 25.0 Å². The molecule has 1 aromatic rings. The van der Waals surface area contributed by atoms with Crippen molar-refractivity contribution >= 4 is 15.9 Å². The summed E-state index contributed by atoms with van der Waals surface area (Å²) >= 11 is 0. The number of nitrogens with zero attached hydrogens (tertiary/aromatic N) is 1. The van der Waals surface area contributed by atoms with E-state index in [0.29, 0.717) is 5.41 Å². The number of benzene rings is 1. The van der Waals surface area contributed by atoms with E-state index in [1.807, 2.05) is 0 Å². The lowest BCUT2D eigenvalue weighted by atomic mass is 10.0. The molecule has 0 spiro atoms. The van der Waals surface area contributed by atoms with Crippen molar-refractivity contribution in [1.82, 2.24) is 9.62 Å². The molecule has 1 aliphatic rings. The summed E-state index contributed by atoms with van der Waals surface area (Å²) in [4.78, 5) is 13.5. The Hall–Kier alpha value is -2.08. The van der Waals surface area contributed by atoms with E-state index in [4.69, 9.17) is 0 Å². The lowest BCUT2D eigenvalue weighted by Crippen LogP contribution is -2.33. The van der Waals surface area contributed by atoms with Crippen LogP contribution in [-0.2, 0) is 22.4 Å². The molecule has 0 radical (unpaired) electrons. The number of sulfonamides is 1. The van der Waals surface area contributed by atoms with Gasteiger partial charge < -0.3 is 4.90 Å². The Labute approximate surface area is 157 Å². The Bertz CT molecular complexity index is 864. The first-order valence-electron chi connectivity index (χ1n) is 7.94. The third-order valence-electron chi connectivity index (χ3n) is 4.25. The first-order valence-corrected chi connectivity index (χ1v) is 9.49. The highest BCUT2D eigenvalue weighted by Gasteiger charge is 2.40. The van der Waals surface area contributed by atoms with Crippen LogP contribution in [0.1, 0.15) is 27.9 Å². The fraction of sp³-hybridized carbons (Fsp3) is 0.438. The molecule has 0 bridgehead atoms. The lowest BCUT2D eigenvalue weighted by Gasteiger charge is -2.21. The summed E-state index contributed by atoms with van der Waals surface area (Å²) in [5.74, 6) is -1.58. The largest absolute Gasteiger partial charge is 0.417 e. The van der Waals surface area contributed by atoms with E-state index in [9.17, 15) is 39.6 Å². The molecule has 28 heavy (non-hydrogen) atoms. The van der Waals surface area contributed by atoms with E-state index in [2.05, 4.69) is 11.3 Å². The first kappa shape index (κ1) is 22.2. The molecular formula is C16H16F6N2O3S. The zero-order valence-electron chi connectivity index (χ0n) is 14.3. The second kappa shape index (κ2) is 7.74. The van der Waals surface area contributed by atoms with Gasteiger partial charge in [0.1, 0.15) is 0 Å². The predicted molar refractivity (Wildman–Crippen MR) is 87.6 cm³/mol. The van der Waals surface area contributed by atoms with Crippen molar-refractivity contribution in [3.63, 3.8) is 0 Å². The van der Waals surface area contributed by atoms with Gasteiger partial charge in [-0.2, -0.15) is 26.3 Å². The van der Waals surface area contributed by atoms with Gasteiger partial charge in [-0.05, 0) is 30.5 Å². The number of hydrogen-bond donors (Lipinski definition) is 1. The summed E-state index contributed by atoms with van der Waals surface area (Å²) in [6.07, 6.45) is -9.63. The van der Waals surface area contributed by atoms with Gasteiger partial charge >= 0.3 is 12.4 Å². The van der Waals surface area contributed by atoms with Crippen LogP contribution in [0.4, 0.5) is 26.3 Å². The number of rotatable bonds is 5. The molecule has 1 aliphatic heterocycles. The van der Waals surface area contributed by atoms with E-state index in [-0.39, 0.29) is 50.2 Å². The second-order valence-corrected chi connectivity index (χ2v) is 7.93. The molecule has 156 valence electrons. The number of amides is 1. The minimum atomic E-state index is -5.01. The standard InChI is InChI=1S/C16H16F6N2O3S/c1-2-28(26,27)23-8-10-5-6-24(9-10)14(25)12-7-11(15(17,18)19)3-4-13(12)16(20,21)22/h2-4,7,10,23H,1,5-6,8-9H2. The maximum atomic E-state index is 13.2. The maximum Gasteiger partial charge on any atom is 0.417 e. The van der Waals surface area contributed by atoms with Crippen molar-refractivity contribution in [3.8, 4) is 0 Å². The van der Waals surface area contributed by atoms with Gasteiger partial charge in [0.2, 0.25) is 10.0 Å². The maximum absolute atomic E-state index is 13.2. The van der Waals surface area contributed by atoms with Crippen LogP contribution in [0.15, 0.2) is 30.2 Å². The fourth-order valence-electron chi connectivity index (χ4n) is 2.79. The monoisotopic (exact) mass is 430 g/mol. The zero-order chi connectivity index (χ0) is 21.3. The zero-order valence-corrected chi connectivity index (χ0v) is 15.1. The van der Waals surface area contributed by atoms with Gasteiger partial charge in [-0.25, -0.2) is 13.1 Å². The van der Waals surface area contributed by atoms with E-state index in [1.54, 1.807) is 0 Å². The summed E-state index contributed by atoms with van der Waals surface area (Å²) in [6, 6.07) is 0.706. The van der Waals surface area contributed by atoms with E-state index < -0.39 is 45.0 Å². The highest BCUT2D eigenvalue weighted by atomic mass is 32.2. The summed E-state index contributed by atoms with van der Waals surface area (Å²) in [5, 5.41) is 0.684. The van der Waals surface area contributed by atoms with E-state index in [1.165, 1.54) is 0 Å². The molecule has 5 nitrogen and oxygen atoms in total. The smallest absolute Gasteiger partial charge is 0.338 e. The summed E-state index contributed by atoms with van der Waals surface area (Å²) < 4.78 is 103. The number of alkyl halides is 6. The Balaban J connectivity index is 2.25. The molecule has 1 saturated heterocycles. The van der Waals surface area contributed by atoms with Crippen molar-refractivity contribution in [1.29, 1.82) is 0 Å². The van der Waals surface area contributed by atoms with Crippen molar-refractivity contribution in [3.05, 3.63) is 46.9 Å². The van der Waals surface area contributed by atoms with Crippen molar-refractivity contribution in [2.75, 3.05) is 19.6 Å². The average molecular weight is 430 g/mol. The third-order valence-corrected chi connectivity index (χ3v) is 5.26. The second-order valence-electron chi connectivity index (χ2n) is 6.22. The van der Waals surface area contributed by atoms with Crippen LogP contribution < -0.4 is 4.72 Å². The highest BCUT2D eigenvalue weighted by Crippen LogP contribution is 2.37. The average Bonchev–Trinajstić information content (AvgIpc) is 3.06. The first-order chi connectivity index (χ1) is 12.7. The Morgan fingerprint density at radius 3 is 2.39 bits per heavy atom. The number of likely N-dealkylation sites (tertiary alicyclic amines) is 1. The highest BCUT2D eigenvalue weighted by molar-refractivity contribution is 7.92. The molecule has 1 atom stereocenters. The Morgan fingerprint density at radius 2 is 1.86 bits per heavy atom. The molecule has 12 heteroatoms. The van der Waals surface area contributed by atoms with Crippen LogP contribution in [0.25, 0.3) is 0 Å². The Morgan fingerprint density at radius 1 is 1.21 bits per heavy atom. The summed E-state index contributed by atoms with van der Waals surface area (Å²) in [6.45, 7) is 2.93. The van der Waals surface area contributed by atoms with E-state index >= 15 is 0 Å². The third kappa shape index (κ3) is 5.25. The van der Waals surface area contributed by atoms with E-state index in [0.717, 1.165) is 4.90 Å². The normalized spacial score (nSPS) is 18.4. The van der Waals surface area contributed by atoms with Gasteiger partial charge in [-0.15, -0.1) is 0 Å². The molecular weight excluding hydrogens is 414 g/mol. The molecule has 0 saturated carbocycles. The van der Waals surface area contributed by atoms with Crippen LogP contribution in [0, 0.1) is 5.92 Å². The number of nitrogens with one attached hydrogen (secondary N) is 1. The van der Waals surface area contributed by atoms with Crippen molar-refractivity contribution in [2.24, 2.45) is 5.92 Å². The number of halogens is 6. The lowest BCUT2D eigenvalue weighted by molar-refractivity contribution is -0.141. The number of carbonyl (C=O) groups is 1. The minimum absolute atomic E-state index is 0.00708. The van der Waals surface area contributed by atoms with Crippen LogP contribution in [0.5, 0.6) is 0 Å². The van der Waals surface area contributed by atoms with Gasteiger partial charge in [0.25, 0.3) is 5.91 Å². The predicted octanol–water partition coefficient (Wildman–Crippen LogP) is 3.25. The molecule has 1 unspecified atom stereocenters. The van der Waals surface area contributed by atoms with Gasteiger partial charge in [0.05, 0.1) is 16.7 Å². The quantitative estimate of drug-likeness (QED) is 0.730. The molecule has 1 aromatic carbocycles. The summed E-state index contributed by atoms with van der Waals surface area (Å²) in [7, 11) is -3.71. The molecule has 1 amide bonds.